The summed E-state index contributed by atoms with van der Waals surface area (Å²) in [6.45, 7) is 2.55. The predicted molar refractivity (Wildman–Crippen MR) is 128 cm³/mol. The SMILES string of the molecule is CCOC(=O)c1c2c(nn1C(CN)CCCN1C(=O)c3ccccc3C1=O)-c1ccncc1CC2. The topological polar surface area (TPSA) is 120 Å². The van der Waals surface area contributed by atoms with E-state index in [1.54, 1.807) is 42.1 Å². The Kier molecular flexibility index (Phi) is 6.17. The monoisotopic (exact) mass is 473 g/mol. The van der Waals surface area contributed by atoms with Gasteiger partial charge in [-0.1, -0.05) is 12.1 Å². The molecule has 35 heavy (non-hydrogen) atoms. The van der Waals surface area contributed by atoms with Crippen molar-refractivity contribution in [2.24, 2.45) is 5.73 Å². The number of aryl methyl sites for hydroxylation is 1. The molecule has 2 aliphatic rings. The molecule has 5 rings (SSSR count). The normalized spacial score (nSPS) is 15.0. The third-order valence-electron chi connectivity index (χ3n) is 6.70. The van der Waals surface area contributed by atoms with Gasteiger partial charge in [-0.05, 0) is 56.4 Å². The maximum atomic E-state index is 13.0. The highest BCUT2D eigenvalue weighted by atomic mass is 16.5. The van der Waals surface area contributed by atoms with Crippen LogP contribution in [-0.4, -0.2) is 57.1 Å². The molecule has 3 aromatic rings. The van der Waals surface area contributed by atoms with Crippen LogP contribution in [-0.2, 0) is 17.6 Å². The Labute approximate surface area is 202 Å². The van der Waals surface area contributed by atoms with Crippen LogP contribution in [0.1, 0.15) is 68.1 Å². The summed E-state index contributed by atoms with van der Waals surface area (Å²) in [5, 5.41) is 4.84. The van der Waals surface area contributed by atoms with Crippen molar-refractivity contribution < 1.29 is 19.1 Å². The fourth-order valence-corrected chi connectivity index (χ4v) is 4.99. The number of benzene rings is 1. The Bertz CT molecular complexity index is 1280. The molecular formula is C26H27N5O4. The second-order valence-corrected chi connectivity index (χ2v) is 8.71. The third-order valence-corrected chi connectivity index (χ3v) is 6.70. The maximum Gasteiger partial charge on any atom is 0.356 e. The molecule has 3 heterocycles. The highest BCUT2D eigenvalue weighted by molar-refractivity contribution is 6.21. The maximum absolute atomic E-state index is 13.0. The molecule has 0 spiro atoms. The highest BCUT2D eigenvalue weighted by Gasteiger charge is 2.35. The Balaban J connectivity index is 1.40. The molecule has 1 aliphatic heterocycles. The van der Waals surface area contributed by atoms with Gasteiger partial charge in [0.05, 0.1) is 29.5 Å². The van der Waals surface area contributed by atoms with Gasteiger partial charge in [-0.25, -0.2) is 4.79 Å². The second kappa shape index (κ2) is 9.42. The van der Waals surface area contributed by atoms with Crippen LogP contribution in [0.4, 0.5) is 0 Å². The smallest absolute Gasteiger partial charge is 0.356 e. The number of ether oxygens (including phenoxy) is 1. The van der Waals surface area contributed by atoms with E-state index in [2.05, 4.69) is 4.98 Å². The van der Waals surface area contributed by atoms with E-state index in [1.165, 1.54) is 4.90 Å². The molecular weight excluding hydrogens is 446 g/mol. The van der Waals surface area contributed by atoms with Crippen LogP contribution < -0.4 is 5.73 Å². The molecule has 0 radical (unpaired) electrons. The van der Waals surface area contributed by atoms with Crippen molar-refractivity contribution in [3.05, 3.63) is 70.7 Å². The first-order valence-electron chi connectivity index (χ1n) is 11.9. The summed E-state index contributed by atoms with van der Waals surface area (Å²) < 4.78 is 7.07. The molecule has 1 atom stereocenters. The van der Waals surface area contributed by atoms with Gasteiger partial charge in [0.2, 0.25) is 0 Å². The molecule has 9 nitrogen and oxygen atoms in total. The lowest BCUT2D eigenvalue weighted by atomic mass is 9.90. The van der Waals surface area contributed by atoms with E-state index >= 15 is 0 Å². The van der Waals surface area contributed by atoms with E-state index in [0.717, 1.165) is 28.8 Å². The van der Waals surface area contributed by atoms with E-state index < -0.39 is 5.97 Å². The number of nitrogens with zero attached hydrogens (tertiary/aromatic N) is 4. The Morgan fingerprint density at radius 1 is 1.11 bits per heavy atom. The van der Waals surface area contributed by atoms with Crippen LogP contribution in [0.25, 0.3) is 11.3 Å². The summed E-state index contributed by atoms with van der Waals surface area (Å²) in [5.74, 6) is -0.971. The molecule has 0 fully saturated rings. The predicted octanol–water partition coefficient (Wildman–Crippen LogP) is 2.80. The number of hydrogen-bond acceptors (Lipinski definition) is 7. The van der Waals surface area contributed by atoms with Crippen LogP contribution in [0.3, 0.4) is 0 Å². The summed E-state index contributed by atoms with van der Waals surface area (Å²) in [6, 6.07) is 8.47. The van der Waals surface area contributed by atoms with Gasteiger partial charge < -0.3 is 10.5 Å². The molecule has 2 amide bonds. The lowest BCUT2D eigenvalue weighted by molar-refractivity contribution is 0.0507. The molecule has 0 bridgehead atoms. The van der Waals surface area contributed by atoms with Gasteiger partial charge in [-0.15, -0.1) is 0 Å². The first-order valence-corrected chi connectivity index (χ1v) is 11.9. The lowest BCUT2D eigenvalue weighted by Crippen LogP contribution is -2.32. The zero-order chi connectivity index (χ0) is 24.5. The molecule has 2 aromatic heterocycles. The number of aromatic nitrogens is 3. The molecule has 180 valence electrons. The summed E-state index contributed by atoms with van der Waals surface area (Å²) in [7, 11) is 0. The minimum absolute atomic E-state index is 0.248. The van der Waals surface area contributed by atoms with E-state index in [-0.39, 0.29) is 37.6 Å². The van der Waals surface area contributed by atoms with Crippen LogP contribution >= 0.6 is 0 Å². The fraction of sp³-hybridized carbons (Fsp3) is 0.346. The summed E-state index contributed by atoms with van der Waals surface area (Å²) >= 11 is 0. The van der Waals surface area contributed by atoms with Gasteiger partial charge in [-0.2, -0.15) is 5.10 Å². The number of fused-ring (bicyclic) bond motifs is 4. The van der Waals surface area contributed by atoms with E-state index in [0.29, 0.717) is 36.1 Å². The van der Waals surface area contributed by atoms with Gasteiger partial charge in [0, 0.05) is 36.6 Å². The quantitative estimate of drug-likeness (QED) is 0.394. The molecule has 0 saturated heterocycles. The first-order chi connectivity index (χ1) is 17.0. The van der Waals surface area contributed by atoms with Gasteiger partial charge in [0.1, 0.15) is 0 Å². The Morgan fingerprint density at radius 3 is 2.54 bits per heavy atom. The van der Waals surface area contributed by atoms with Crippen molar-refractivity contribution in [1.82, 2.24) is 19.7 Å². The van der Waals surface area contributed by atoms with Gasteiger partial charge in [0.15, 0.2) is 5.69 Å². The molecule has 0 saturated carbocycles. The minimum Gasteiger partial charge on any atom is -0.461 e. The average Bonchev–Trinajstić information content (AvgIpc) is 3.38. The molecule has 1 aromatic carbocycles. The standard InChI is InChI=1S/C26H27N5O4/c1-2-35-26(34)23-21-10-9-16-15-28-12-11-18(16)22(21)29-31(23)17(14-27)6-5-13-30-24(32)19-7-3-4-8-20(19)25(30)33/h3-4,7-8,11-12,15,17H,2,5-6,9-10,13-14,27H2,1H3. The summed E-state index contributed by atoms with van der Waals surface area (Å²) in [4.78, 5) is 43.9. The molecule has 1 unspecified atom stereocenters. The highest BCUT2D eigenvalue weighted by Crippen LogP contribution is 2.36. The molecule has 9 heteroatoms. The lowest BCUT2D eigenvalue weighted by Gasteiger charge is -2.20. The second-order valence-electron chi connectivity index (χ2n) is 8.71. The van der Waals surface area contributed by atoms with Crippen molar-refractivity contribution >= 4 is 17.8 Å². The van der Waals surface area contributed by atoms with Crippen molar-refractivity contribution in [2.75, 3.05) is 19.7 Å². The summed E-state index contributed by atoms with van der Waals surface area (Å²) in [5.41, 5.74) is 11.1. The number of amides is 2. The van der Waals surface area contributed by atoms with Crippen molar-refractivity contribution in [3.63, 3.8) is 0 Å². The van der Waals surface area contributed by atoms with Gasteiger partial charge >= 0.3 is 5.97 Å². The minimum atomic E-state index is -0.419. The molecule has 1 aliphatic carbocycles. The van der Waals surface area contributed by atoms with Crippen LogP contribution in [0.5, 0.6) is 0 Å². The van der Waals surface area contributed by atoms with Crippen LogP contribution in [0, 0.1) is 0 Å². The van der Waals surface area contributed by atoms with Crippen molar-refractivity contribution in [3.8, 4) is 11.3 Å². The first kappa shape index (κ1) is 22.9. The van der Waals surface area contributed by atoms with Crippen molar-refractivity contribution in [2.45, 2.75) is 38.6 Å². The summed E-state index contributed by atoms with van der Waals surface area (Å²) in [6.07, 6.45) is 6.06. The number of pyridine rings is 1. The van der Waals surface area contributed by atoms with Crippen molar-refractivity contribution in [1.29, 1.82) is 0 Å². The zero-order valence-electron chi connectivity index (χ0n) is 19.6. The van der Waals surface area contributed by atoms with Gasteiger partial charge in [0.25, 0.3) is 11.8 Å². The number of nitrogens with two attached hydrogens (primary N) is 1. The zero-order valence-corrected chi connectivity index (χ0v) is 19.6. The fourth-order valence-electron chi connectivity index (χ4n) is 4.99. The Hall–Kier alpha value is -3.85. The number of esters is 1. The number of carbonyl (C=O) groups excluding carboxylic acids is 3. The average molecular weight is 474 g/mol. The number of rotatable bonds is 8. The third kappa shape index (κ3) is 3.91. The number of hydrogen-bond donors (Lipinski definition) is 1. The van der Waals surface area contributed by atoms with E-state index in [9.17, 15) is 14.4 Å². The van der Waals surface area contributed by atoms with E-state index in [4.69, 9.17) is 15.6 Å². The number of imide groups is 1. The van der Waals surface area contributed by atoms with E-state index in [1.807, 2.05) is 12.3 Å². The van der Waals surface area contributed by atoms with Crippen LogP contribution in [0.15, 0.2) is 42.7 Å². The van der Waals surface area contributed by atoms with Gasteiger partial charge in [-0.3, -0.25) is 24.2 Å². The Morgan fingerprint density at radius 2 is 1.86 bits per heavy atom. The largest absolute Gasteiger partial charge is 0.461 e. The molecule has 2 N–H and O–H groups in total. The number of carbonyl (C=O) groups is 3. The van der Waals surface area contributed by atoms with Crippen LogP contribution in [0.2, 0.25) is 0 Å².